The first-order valence-corrected chi connectivity index (χ1v) is 5.63. The fourth-order valence-corrected chi connectivity index (χ4v) is 1.99. The summed E-state index contributed by atoms with van der Waals surface area (Å²) < 4.78 is 2.32. The van der Waals surface area contributed by atoms with Gasteiger partial charge < -0.3 is 4.98 Å². The molecule has 0 radical (unpaired) electrons. The van der Waals surface area contributed by atoms with Crippen molar-refractivity contribution in [1.29, 1.82) is 0 Å². The zero-order valence-corrected chi connectivity index (χ0v) is 9.91. The van der Waals surface area contributed by atoms with Crippen LogP contribution in [0.15, 0.2) is 15.7 Å². The standard InChI is InChI=1S/C9H11BrN4O/c1-2-3-4-14-8-6(7(10)13-14)9(15)12-5-11-8/h5H,2-4H2,1H3,(H,11,12,15). The first-order chi connectivity index (χ1) is 7.24. The van der Waals surface area contributed by atoms with E-state index in [4.69, 9.17) is 0 Å². The Balaban J connectivity index is 2.58. The van der Waals surface area contributed by atoms with Crippen molar-refractivity contribution in [2.24, 2.45) is 0 Å². The minimum absolute atomic E-state index is 0.158. The molecule has 2 rings (SSSR count). The Morgan fingerprint density at radius 2 is 2.40 bits per heavy atom. The molecular weight excluding hydrogens is 260 g/mol. The van der Waals surface area contributed by atoms with Gasteiger partial charge in [-0.15, -0.1) is 0 Å². The second-order valence-electron chi connectivity index (χ2n) is 3.30. The quantitative estimate of drug-likeness (QED) is 0.923. The minimum Gasteiger partial charge on any atom is -0.312 e. The summed E-state index contributed by atoms with van der Waals surface area (Å²) in [5.41, 5.74) is 0.480. The van der Waals surface area contributed by atoms with E-state index in [1.807, 2.05) is 0 Å². The number of nitrogens with zero attached hydrogens (tertiary/aromatic N) is 3. The molecule has 0 amide bonds. The van der Waals surface area contributed by atoms with Gasteiger partial charge in [-0.3, -0.25) is 4.79 Å². The summed E-state index contributed by atoms with van der Waals surface area (Å²) >= 11 is 3.27. The molecule has 0 atom stereocenters. The second-order valence-corrected chi connectivity index (χ2v) is 4.05. The molecule has 0 unspecified atom stereocenters. The molecule has 2 aromatic rings. The number of hydrogen-bond acceptors (Lipinski definition) is 3. The first-order valence-electron chi connectivity index (χ1n) is 4.83. The monoisotopic (exact) mass is 270 g/mol. The van der Waals surface area contributed by atoms with Crippen LogP contribution in [0.25, 0.3) is 11.0 Å². The molecule has 6 heteroatoms. The average molecular weight is 271 g/mol. The molecule has 0 saturated carbocycles. The fourth-order valence-electron chi connectivity index (χ4n) is 1.44. The van der Waals surface area contributed by atoms with Gasteiger partial charge in [0.1, 0.15) is 9.99 Å². The Hall–Kier alpha value is -1.17. The van der Waals surface area contributed by atoms with Gasteiger partial charge >= 0.3 is 0 Å². The predicted octanol–water partition coefficient (Wildman–Crippen LogP) is 1.68. The molecule has 0 aromatic carbocycles. The van der Waals surface area contributed by atoms with Crippen molar-refractivity contribution in [3.8, 4) is 0 Å². The molecule has 0 aliphatic rings. The number of aromatic amines is 1. The third kappa shape index (κ3) is 1.81. The van der Waals surface area contributed by atoms with E-state index in [2.05, 4.69) is 37.9 Å². The maximum atomic E-state index is 11.5. The zero-order valence-electron chi connectivity index (χ0n) is 8.33. The topological polar surface area (TPSA) is 63.6 Å². The van der Waals surface area contributed by atoms with Crippen molar-refractivity contribution in [1.82, 2.24) is 19.7 Å². The molecule has 0 aliphatic carbocycles. The van der Waals surface area contributed by atoms with Crippen molar-refractivity contribution in [3.05, 3.63) is 21.3 Å². The van der Waals surface area contributed by atoms with Crippen molar-refractivity contribution in [2.75, 3.05) is 0 Å². The minimum atomic E-state index is -0.158. The zero-order chi connectivity index (χ0) is 10.8. The molecule has 0 aliphatic heterocycles. The molecule has 15 heavy (non-hydrogen) atoms. The predicted molar refractivity (Wildman–Crippen MR) is 60.8 cm³/mol. The summed E-state index contributed by atoms with van der Waals surface area (Å²) in [6.45, 7) is 2.90. The number of aryl methyl sites for hydroxylation is 1. The van der Waals surface area contributed by atoms with Gasteiger partial charge in [0.15, 0.2) is 5.65 Å². The van der Waals surface area contributed by atoms with Crippen LogP contribution in [0.1, 0.15) is 19.8 Å². The van der Waals surface area contributed by atoms with E-state index in [-0.39, 0.29) is 5.56 Å². The highest BCUT2D eigenvalue weighted by molar-refractivity contribution is 9.10. The number of halogens is 1. The van der Waals surface area contributed by atoms with Crippen LogP contribution in [0.3, 0.4) is 0 Å². The molecule has 1 N–H and O–H groups in total. The number of hydrogen-bond donors (Lipinski definition) is 1. The summed E-state index contributed by atoms with van der Waals surface area (Å²) in [5.74, 6) is 0. The first kappa shape index (κ1) is 10.4. The summed E-state index contributed by atoms with van der Waals surface area (Å²) in [6, 6.07) is 0. The van der Waals surface area contributed by atoms with E-state index in [1.165, 1.54) is 6.33 Å². The van der Waals surface area contributed by atoms with Crippen LogP contribution in [0.2, 0.25) is 0 Å². The Morgan fingerprint density at radius 1 is 1.60 bits per heavy atom. The van der Waals surface area contributed by atoms with Gasteiger partial charge in [-0.2, -0.15) is 5.10 Å². The lowest BCUT2D eigenvalue weighted by molar-refractivity contribution is 0.581. The van der Waals surface area contributed by atoms with Crippen molar-refractivity contribution in [2.45, 2.75) is 26.3 Å². The molecule has 0 spiro atoms. The van der Waals surface area contributed by atoms with Gasteiger partial charge in [0.25, 0.3) is 5.56 Å². The average Bonchev–Trinajstić information content (AvgIpc) is 2.54. The molecule has 80 valence electrons. The largest absolute Gasteiger partial charge is 0.312 e. The maximum absolute atomic E-state index is 11.5. The van der Waals surface area contributed by atoms with Gasteiger partial charge in [-0.1, -0.05) is 13.3 Å². The van der Waals surface area contributed by atoms with Gasteiger partial charge in [0, 0.05) is 6.54 Å². The Kier molecular flexibility index (Phi) is 2.86. The molecular formula is C9H11BrN4O. The Morgan fingerprint density at radius 3 is 3.13 bits per heavy atom. The summed E-state index contributed by atoms with van der Waals surface area (Å²) in [4.78, 5) is 18.2. The number of H-pyrrole nitrogens is 1. The van der Waals surface area contributed by atoms with Crippen LogP contribution in [-0.4, -0.2) is 19.7 Å². The molecule has 0 bridgehead atoms. The summed E-state index contributed by atoms with van der Waals surface area (Å²) in [5, 5.41) is 4.76. The number of fused-ring (bicyclic) bond motifs is 1. The summed E-state index contributed by atoms with van der Waals surface area (Å²) in [6.07, 6.45) is 3.51. The normalized spacial score (nSPS) is 11.1. The molecule has 5 nitrogen and oxygen atoms in total. The van der Waals surface area contributed by atoms with Crippen molar-refractivity contribution < 1.29 is 0 Å². The van der Waals surface area contributed by atoms with E-state index in [0.717, 1.165) is 19.4 Å². The van der Waals surface area contributed by atoms with E-state index < -0.39 is 0 Å². The third-order valence-corrected chi connectivity index (χ3v) is 2.77. The number of nitrogens with one attached hydrogen (secondary N) is 1. The smallest absolute Gasteiger partial charge is 0.263 e. The lowest BCUT2D eigenvalue weighted by Gasteiger charge is -1.99. The maximum Gasteiger partial charge on any atom is 0.263 e. The van der Waals surface area contributed by atoms with Crippen LogP contribution in [0, 0.1) is 0 Å². The highest BCUT2D eigenvalue weighted by Crippen LogP contribution is 2.17. The van der Waals surface area contributed by atoms with Crippen molar-refractivity contribution >= 4 is 27.0 Å². The van der Waals surface area contributed by atoms with Crippen LogP contribution >= 0.6 is 15.9 Å². The lowest BCUT2D eigenvalue weighted by atomic mass is 10.3. The Labute approximate surface area is 94.6 Å². The molecule has 2 heterocycles. The van der Waals surface area contributed by atoms with Crippen LogP contribution in [-0.2, 0) is 6.54 Å². The Bertz CT molecular complexity index is 530. The number of aromatic nitrogens is 4. The van der Waals surface area contributed by atoms with Gasteiger partial charge in [0.2, 0.25) is 0 Å². The summed E-state index contributed by atoms with van der Waals surface area (Å²) in [7, 11) is 0. The highest BCUT2D eigenvalue weighted by Gasteiger charge is 2.11. The lowest BCUT2D eigenvalue weighted by Crippen LogP contribution is -2.07. The van der Waals surface area contributed by atoms with Gasteiger partial charge in [-0.25, -0.2) is 9.67 Å². The van der Waals surface area contributed by atoms with E-state index in [9.17, 15) is 4.79 Å². The van der Waals surface area contributed by atoms with E-state index in [1.54, 1.807) is 4.68 Å². The van der Waals surface area contributed by atoms with Gasteiger partial charge in [-0.05, 0) is 22.4 Å². The SMILES string of the molecule is CCCCn1nc(Br)c2c(=O)[nH]cnc21. The molecule has 0 saturated heterocycles. The molecule has 2 aromatic heterocycles. The van der Waals surface area contributed by atoms with Gasteiger partial charge in [0.05, 0.1) is 6.33 Å². The number of rotatable bonds is 3. The number of unbranched alkanes of at least 4 members (excludes halogenated alkanes) is 1. The van der Waals surface area contributed by atoms with Crippen LogP contribution in [0.4, 0.5) is 0 Å². The third-order valence-electron chi connectivity index (χ3n) is 2.22. The fraction of sp³-hybridized carbons (Fsp3) is 0.444. The molecule has 0 fully saturated rings. The van der Waals surface area contributed by atoms with E-state index >= 15 is 0 Å². The van der Waals surface area contributed by atoms with E-state index in [0.29, 0.717) is 15.6 Å². The highest BCUT2D eigenvalue weighted by atomic mass is 79.9. The van der Waals surface area contributed by atoms with Crippen LogP contribution < -0.4 is 5.56 Å². The van der Waals surface area contributed by atoms with Crippen molar-refractivity contribution in [3.63, 3.8) is 0 Å². The second kappa shape index (κ2) is 4.14. The van der Waals surface area contributed by atoms with Crippen LogP contribution in [0.5, 0.6) is 0 Å².